The van der Waals surface area contributed by atoms with Crippen LogP contribution in [0.25, 0.3) is 0 Å². The van der Waals surface area contributed by atoms with Crippen LogP contribution in [0.2, 0.25) is 0 Å². The number of ether oxygens (including phenoxy) is 1. The third-order valence-electron chi connectivity index (χ3n) is 3.18. The van der Waals surface area contributed by atoms with Crippen molar-refractivity contribution >= 4 is 5.91 Å². The van der Waals surface area contributed by atoms with Gasteiger partial charge in [0.05, 0.1) is 13.2 Å². The van der Waals surface area contributed by atoms with E-state index < -0.39 is 0 Å². The first-order valence-electron chi connectivity index (χ1n) is 6.91. The molecular weight excluding hydrogens is 230 g/mol. The molecule has 1 amide bonds. The molecule has 106 valence electrons. The molecule has 0 aromatic heterocycles. The lowest BCUT2D eigenvalue weighted by atomic mass is 10.1. The minimum atomic E-state index is 0.0421. The summed E-state index contributed by atoms with van der Waals surface area (Å²) in [4.78, 5) is 13.9. The number of carbonyl (C=O) groups is 1. The van der Waals surface area contributed by atoms with Crippen LogP contribution in [0.5, 0.6) is 0 Å². The first-order chi connectivity index (χ1) is 8.72. The van der Waals surface area contributed by atoms with Gasteiger partial charge in [-0.25, -0.2) is 0 Å². The predicted molar refractivity (Wildman–Crippen MR) is 72.6 cm³/mol. The van der Waals surface area contributed by atoms with Gasteiger partial charge in [-0.1, -0.05) is 6.92 Å². The Morgan fingerprint density at radius 3 is 2.78 bits per heavy atom. The Kier molecular flexibility index (Phi) is 7.96. The molecule has 0 radical (unpaired) electrons. The highest BCUT2D eigenvalue weighted by molar-refractivity contribution is 5.77. The molecule has 1 aliphatic rings. The number of methoxy groups -OCH3 is 1. The first-order valence-corrected chi connectivity index (χ1v) is 6.91. The van der Waals surface area contributed by atoms with Crippen LogP contribution in [-0.2, 0) is 9.53 Å². The summed E-state index contributed by atoms with van der Waals surface area (Å²) in [6, 6.07) is 0. The average Bonchev–Trinajstić information content (AvgIpc) is 2.82. The van der Waals surface area contributed by atoms with Crippen LogP contribution in [-0.4, -0.2) is 63.8 Å². The van der Waals surface area contributed by atoms with Crippen molar-refractivity contribution in [1.82, 2.24) is 15.5 Å². The van der Waals surface area contributed by atoms with E-state index in [1.165, 1.54) is 25.9 Å². The highest BCUT2D eigenvalue weighted by atomic mass is 16.5. The molecule has 0 spiro atoms. The van der Waals surface area contributed by atoms with E-state index in [4.69, 9.17) is 4.74 Å². The molecule has 1 aliphatic heterocycles. The molecule has 0 bridgehead atoms. The number of carbonyl (C=O) groups excluding carboxylic acids is 1. The standard InChI is InChI=1S/C13H27N3O2/c1-12(11-16-6-3-4-7-16)9-14-10-13(17)15-5-8-18-2/h12,14H,3-11H2,1-2H3,(H,15,17). The van der Waals surface area contributed by atoms with Crippen molar-refractivity contribution in [3.8, 4) is 0 Å². The van der Waals surface area contributed by atoms with Crippen molar-refractivity contribution in [2.45, 2.75) is 19.8 Å². The molecule has 2 N–H and O–H groups in total. The van der Waals surface area contributed by atoms with E-state index >= 15 is 0 Å². The summed E-state index contributed by atoms with van der Waals surface area (Å²) >= 11 is 0. The normalized spacial score (nSPS) is 17.9. The zero-order chi connectivity index (χ0) is 13.2. The van der Waals surface area contributed by atoms with Gasteiger partial charge in [0, 0.05) is 20.2 Å². The molecule has 18 heavy (non-hydrogen) atoms. The van der Waals surface area contributed by atoms with Gasteiger partial charge in [-0.2, -0.15) is 0 Å². The summed E-state index contributed by atoms with van der Waals surface area (Å²) in [6.45, 7) is 8.29. The van der Waals surface area contributed by atoms with Crippen molar-refractivity contribution in [2.75, 3.05) is 53.0 Å². The van der Waals surface area contributed by atoms with E-state index in [2.05, 4.69) is 22.5 Å². The van der Waals surface area contributed by atoms with Crippen LogP contribution in [0.4, 0.5) is 0 Å². The SMILES string of the molecule is COCCNC(=O)CNCC(C)CN1CCCC1. The van der Waals surface area contributed by atoms with E-state index in [1.807, 2.05) is 0 Å². The second kappa shape index (κ2) is 9.30. The number of hydrogen-bond donors (Lipinski definition) is 2. The number of hydrogen-bond acceptors (Lipinski definition) is 4. The summed E-state index contributed by atoms with van der Waals surface area (Å²) in [5.74, 6) is 0.635. The fourth-order valence-corrected chi connectivity index (χ4v) is 2.26. The van der Waals surface area contributed by atoms with Crippen molar-refractivity contribution in [1.29, 1.82) is 0 Å². The molecule has 0 saturated carbocycles. The van der Waals surface area contributed by atoms with Gasteiger partial charge in [0.25, 0.3) is 0 Å². The lowest BCUT2D eigenvalue weighted by molar-refractivity contribution is -0.120. The average molecular weight is 257 g/mol. The molecule has 1 heterocycles. The van der Waals surface area contributed by atoms with Crippen molar-refractivity contribution in [3.05, 3.63) is 0 Å². The maximum atomic E-state index is 11.4. The maximum Gasteiger partial charge on any atom is 0.234 e. The fraction of sp³-hybridized carbons (Fsp3) is 0.923. The topological polar surface area (TPSA) is 53.6 Å². The molecule has 0 aromatic rings. The van der Waals surface area contributed by atoms with Gasteiger partial charge in [0.15, 0.2) is 0 Å². The Bertz CT molecular complexity index is 230. The first kappa shape index (κ1) is 15.4. The Labute approximate surface area is 110 Å². The summed E-state index contributed by atoms with van der Waals surface area (Å²) < 4.78 is 4.87. The highest BCUT2D eigenvalue weighted by Gasteiger charge is 2.14. The van der Waals surface area contributed by atoms with Gasteiger partial charge in [-0.15, -0.1) is 0 Å². The summed E-state index contributed by atoms with van der Waals surface area (Å²) in [5.41, 5.74) is 0. The van der Waals surface area contributed by atoms with E-state index in [0.29, 0.717) is 25.6 Å². The molecule has 1 saturated heterocycles. The minimum Gasteiger partial charge on any atom is -0.383 e. The summed E-state index contributed by atoms with van der Waals surface area (Å²) in [5, 5.41) is 6.00. The predicted octanol–water partition coefficient (Wildman–Crippen LogP) is 0.0705. The second-order valence-corrected chi connectivity index (χ2v) is 5.09. The Morgan fingerprint density at radius 1 is 1.39 bits per heavy atom. The van der Waals surface area contributed by atoms with E-state index in [-0.39, 0.29) is 5.91 Å². The molecule has 1 unspecified atom stereocenters. The fourth-order valence-electron chi connectivity index (χ4n) is 2.26. The molecule has 0 aromatic carbocycles. The molecule has 1 atom stereocenters. The summed E-state index contributed by atoms with van der Waals surface area (Å²) in [7, 11) is 1.63. The van der Waals surface area contributed by atoms with Gasteiger partial charge < -0.3 is 20.3 Å². The number of likely N-dealkylation sites (tertiary alicyclic amines) is 1. The maximum absolute atomic E-state index is 11.4. The van der Waals surface area contributed by atoms with Gasteiger partial charge in [0.1, 0.15) is 0 Å². The zero-order valence-corrected chi connectivity index (χ0v) is 11.7. The van der Waals surface area contributed by atoms with Gasteiger partial charge in [0.2, 0.25) is 5.91 Å². The number of nitrogens with one attached hydrogen (secondary N) is 2. The lowest BCUT2D eigenvalue weighted by Gasteiger charge is -2.20. The van der Waals surface area contributed by atoms with Gasteiger partial charge >= 0.3 is 0 Å². The quantitative estimate of drug-likeness (QED) is 0.574. The summed E-state index contributed by atoms with van der Waals surface area (Å²) in [6.07, 6.45) is 2.67. The Balaban J connectivity index is 1.97. The highest BCUT2D eigenvalue weighted by Crippen LogP contribution is 2.09. The molecule has 5 nitrogen and oxygen atoms in total. The van der Waals surface area contributed by atoms with Crippen LogP contribution >= 0.6 is 0 Å². The van der Waals surface area contributed by atoms with E-state index in [0.717, 1.165) is 13.1 Å². The number of nitrogens with zero attached hydrogens (tertiary/aromatic N) is 1. The smallest absolute Gasteiger partial charge is 0.234 e. The molecular formula is C13H27N3O2. The van der Waals surface area contributed by atoms with Crippen molar-refractivity contribution in [2.24, 2.45) is 5.92 Å². The molecule has 0 aliphatic carbocycles. The molecule has 5 heteroatoms. The van der Waals surface area contributed by atoms with Crippen LogP contribution in [0.1, 0.15) is 19.8 Å². The van der Waals surface area contributed by atoms with Crippen molar-refractivity contribution in [3.63, 3.8) is 0 Å². The largest absolute Gasteiger partial charge is 0.383 e. The monoisotopic (exact) mass is 257 g/mol. The lowest BCUT2D eigenvalue weighted by Crippen LogP contribution is -2.38. The third-order valence-corrected chi connectivity index (χ3v) is 3.18. The minimum absolute atomic E-state index is 0.0421. The Morgan fingerprint density at radius 2 is 2.11 bits per heavy atom. The van der Waals surface area contributed by atoms with Crippen molar-refractivity contribution < 1.29 is 9.53 Å². The number of amides is 1. The second-order valence-electron chi connectivity index (χ2n) is 5.09. The zero-order valence-electron chi connectivity index (χ0n) is 11.7. The van der Waals surface area contributed by atoms with Gasteiger partial charge in [-0.3, -0.25) is 4.79 Å². The van der Waals surface area contributed by atoms with Crippen LogP contribution in [0.3, 0.4) is 0 Å². The van der Waals surface area contributed by atoms with E-state index in [9.17, 15) is 4.79 Å². The van der Waals surface area contributed by atoms with Gasteiger partial charge in [-0.05, 0) is 38.4 Å². The number of rotatable bonds is 9. The molecule has 1 fully saturated rings. The Hall–Kier alpha value is -0.650. The van der Waals surface area contributed by atoms with E-state index in [1.54, 1.807) is 7.11 Å². The van der Waals surface area contributed by atoms with Crippen LogP contribution in [0.15, 0.2) is 0 Å². The van der Waals surface area contributed by atoms with Crippen LogP contribution in [0, 0.1) is 5.92 Å². The van der Waals surface area contributed by atoms with Crippen LogP contribution < -0.4 is 10.6 Å². The molecule has 1 rings (SSSR count). The third kappa shape index (κ3) is 6.93.